The van der Waals surface area contributed by atoms with Crippen LogP contribution in [-0.2, 0) is 14.8 Å². The number of rotatable bonds is 6. The van der Waals surface area contributed by atoms with Gasteiger partial charge in [0.15, 0.2) is 0 Å². The minimum absolute atomic E-state index is 0.0995. The molecular formula is C18H21N3O5S. The van der Waals surface area contributed by atoms with Gasteiger partial charge in [-0.25, -0.2) is 8.42 Å². The third kappa shape index (κ3) is 5.04. The third-order valence-electron chi connectivity index (χ3n) is 4.02. The minimum atomic E-state index is -3.84. The van der Waals surface area contributed by atoms with Crippen molar-refractivity contribution in [2.45, 2.75) is 20.8 Å². The zero-order valence-electron chi connectivity index (χ0n) is 15.5. The maximum absolute atomic E-state index is 12.5. The van der Waals surface area contributed by atoms with Crippen LogP contribution in [0.15, 0.2) is 36.4 Å². The van der Waals surface area contributed by atoms with Gasteiger partial charge in [0.05, 0.1) is 16.9 Å². The molecule has 0 aliphatic heterocycles. The number of nitrogens with zero attached hydrogens (tertiary/aromatic N) is 2. The van der Waals surface area contributed by atoms with Crippen LogP contribution in [0.1, 0.15) is 16.7 Å². The van der Waals surface area contributed by atoms with Crippen LogP contribution in [0.5, 0.6) is 0 Å². The van der Waals surface area contributed by atoms with E-state index < -0.39 is 27.4 Å². The van der Waals surface area contributed by atoms with Crippen molar-refractivity contribution in [1.29, 1.82) is 0 Å². The standard InChI is InChI=1S/C18H21N3O5S/c1-12-5-8-16(14(3)9-12)19-18(22)11-20(27(4,25)26)17-10-15(21(23)24)7-6-13(17)2/h5-10H,11H2,1-4H3,(H,19,22). The van der Waals surface area contributed by atoms with Crippen molar-refractivity contribution in [2.24, 2.45) is 0 Å². The third-order valence-corrected chi connectivity index (χ3v) is 5.14. The van der Waals surface area contributed by atoms with Gasteiger partial charge in [0.1, 0.15) is 6.54 Å². The Labute approximate surface area is 158 Å². The van der Waals surface area contributed by atoms with Gasteiger partial charge in [-0.3, -0.25) is 19.2 Å². The molecule has 0 spiro atoms. The van der Waals surface area contributed by atoms with E-state index in [1.807, 2.05) is 26.0 Å². The van der Waals surface area contributed by atoms with Crippen molar-refractivity contribution < 1.29 is 18.1 Å². The van der Waals surface area contributed by atoms with Crippen molar-refractivity contribution in [3.05, 3.63) is 63.2 Å². The number of nitro benzene ring substituents is 1. The van der Waals surface area contributed by atoms with Crippen molar-refractivity contribution in [3.63, 3.8) is 0 Å². The molecular weight excluding hydrogens is 370 g/mol. The summed E-state index contributed by atoms with van der Waals surface area (Å²) < 4.78 is 25.4. The fourth-order valence-corrected chi connectivity index (χ4v) is 3.54. The molecule has 0 heterocycles. The molecule has 0 bridgehead atoms. The number of sulfonamides is 1. The first-order chi connectivity index (χ1) is 12.5. The van der Waals surface area contributed by atoms with Crippen molar-refractivity contribution in [1.82, 2.24) is 0 Å². The Morgan fingerprint density at radius 2 is 1.78 bits per heavy atom. The molecule has 0 saturated carbocycles. The molecule has 0 unspecified atom stereocenters. The van der Waals surface area contributed by atoms with Crippen molar-refractivity contribution in [3.8, 4) is 0 Å². The van der Waals surface area contributed by atoms with E-state index in [1.165, 1.54) is 12.1 Å². The molecule has 1 amide bonds. The Bertz CT molecular complexity index is 1000. The van der Waals surface area contributed by atoms with E-state index in [9.17, 15) is 23.3 Å². The summed E-state index contributed by atoms with van der Waals surface area (Å²) in [7, 11) is -3.84. The highest BCUT2D eigenvalue weighted by Crippen LogP contribution is 2.27. The summed E-state index contributed by atoms with van der Waals surface area (Å²) in [5.74, 6) is -0.543. The Balaban J connectivity index is 2.34. The second-order valence-corrected chi connectivity index (χ2v) is 8.27. The Hall–Kier alpha value is -2.94. The predicted octanol–water partition coefficient (Wildman–Crippen LogP) is 2.92. The van der Waals surface area contributed by atoms with Gasteiger partial charge in [-0.05, 0) is 38.0 Å². The smallest absolute Gasteiger partial charge is 0.271 e. The van der Waals surface area contributed by atoms with Gasteiger partial charge in [0.2, 0.25) is 15.9 Å². The summed E-state index contributed by atoms with van der Waals surface area (Å²) in [5, 5.41) is 13.7. The number of carbonyl (C=O) groups is 1. The minimum Gasteiger partial charge on any atom is -0.324 e. The SMILES string of the molecule is Cc1ccc(NC(=O)CN(c2cc([N+](=O)[O-])ccc2C)S(C)(=O)=O)c(C)c1. The van der Waals surface area contributed by atoms with Gasteiger partial charge >= 0.3 is 0 Å². The summed E-state index contributed by atoms with van der Waals surface area (Å²) in [4.78, 5) is 22.9. The van der Waals surface area contributed by atoms with Gasteiger partial charge < -0.3 is 5.32 Å². The van der Waals surface area contributed by atoms with Crippen LogP contribution in [0.25, 0.3) is 0 Å². The summed E-state index contributed by atoms with van der Waals surface area (Å²) in [5.41, 5.74) is 2.82. The van der Waals surface area contributed by atoms with Gasteiger partial charge in [-0.1, -0.05) is 23.8 Å². The summed E-state index contributed by atoms with van der Waals surface area (Å²) in [6.07, 6.45) is 0.954. The normalized spacial score (nSPS) is 11.1. The van der Waals surface area contributed by atoms with E-state index in [0.717, 1.165) is 27.8 Å². The lowest BCUT2D eigenvalue weighted by Crippen LogP contribution is -2.38. The first kappa shape index (κ1) is 20.4. The number of aryl methyl sites for hydroxylation is 3. The average Bonchev–Trinajstić information content (AvgIpc) is 2.55. The average molecular weight is 391 g/mol. The predicted molar refractivity (Wildman–Crippen MR) is 105 cm³/mol. The van der Waals surface area contributed by atoms with Crippen LogP contribution in [0, 0.1) is 30.9 Å². The molecule has 0 aliphatic rings. The summed E-state index contributed by atoms with van der Waals surface area (Å²) in [6.45, 7) is 4.89. The molecule has 0 saturated heterocycles. The maximum atomic E-state index is 12.5. The van der Waals surface area contributed by atoms with E-state index in [-0.39, 0.29) is 11.4 Å². The van der Waals surface area contributed by atoms with Gasteiger partial charge in [0.25, 0.3) is 5.69 Å². The molecule has 2 aromatic rings. The second-order valence-electron chi connectivity index (χ2n) is 6.36. The maximum Gasteiger partial charge on any atom is 0.271 e. The van der Waals surface area contributed by atoms with Crippen LogP contribution in [0.2, 0.25) is 0 Å². The first-order valence-corrected chi connectivity index (χ1v) is 9.93. The monoisotopic (exact) mass is 391 g/mol. The fraction of sp³-hybridized carbons (Fsp3) is 0.278. The number of benzene rings is 2. The van der Waals surface area contributed by atoms with Crippen LogP contribution in [0.3, 0.4) is 0 Å². The second kappa shape index (κ2) is 7.75. The summed E-state index contributed by atoms with van der Waals surface area (Å²) >= 11 is 0. The molecule has 2 rings (SSSR count). The number of hydrogen-bond donors (Lipinski definition) is 1. The molecule has 0 fully saturated rings. The summed E-state index contributed by atoms with van der Waals surface area (Å²) in [6, 6.07) is 9.37. The van der Waals surface area contributed by atoms with Gasteiger partial charge in [-0.15, -0.1) is 0 Å². The van der Waals surface area contributed by atoms with E-state index in [4.69, 9.17) is 0 Å². The molecule has 0 radical (unpaired) electrons. The number of nitrogens with one attached hydrogen (secondary N) is 1. The highest BCUT2D eigenvalue weighted by Gasteiger charge is 2.24. The molecule has 0 aromatic heterocycles. The largest absolute Gasteiger partial charge is 0.324 e. The molecule has 27 heavy (non-hydrogen) atoms. The zero-order valence-corrected chi connectivity index (χ0v) is 16.3. The van der Waals surface area contributed by atoms with E-state index in [1.54, 1.807) is 13.0 Å². The quantitative estimate of drug-likeness (QED) is 0.601. The number of non-ortho nitro benzene ring substituents is 1. The fourth-order valence-electron chi connectivity index (χ4n) is 2.64. The Morgan fingerprint density at radius 1 is 1.11 bits per heavy atom. The van der Waals surface area contributed by atoms with Crippen LogP contribution >= 0.6 is 0 Å². The lowest BCUT2D eigenvalue weighted by molar-refractivity contribution is -0.384. The van der Waals surface area contributed by atoms with Crippen molar-refractivity contribution in [2.75, 3.05) is 22.4 Å². The number of amides is 1. The van der Waals surface area contributed by atoms with Gasteiger partial charge in [-0.2, -0.15) is 0 Å². The number of anilines is 2. The number of nitro groups is 1. The molecule has 144 valence electrons. The zero-order chi connectivity index (χ0) is 20.4. The number of hydrogen-bond acceptors (Lipinski definition) is 5. The topological polar surface area (TPSA) is 110 Å². The first-order valence-electron chi connectivity index (χ1n) is 8.09. The molecule has 2 aromatic carbocycles. The van der Waals surface area contributed by atoms with Crippen molar-refractivity contribution >= 4 is 33.0 Å². The lowest BCUT2D eigenvalue weighted by atomic mass is 10.1. The Morgan fingerprint density at radius 3 is 2.33 bits per heavy atom. The van der Waals surface area contributed by atoms with E-state index in [2.05, 4.69) is 5.32 Å². The van der Waals surface area contributed by atoms with Crippen LogP contribution in [0.4, 0.5) is 17.1 Å². The number of carbonyl (C=O) groups excluding carboxylic acids is 1. The highest BCUT2D eigenvalue weighted by atomic mass is 32.2. The Kier molecular flexibility index (Phi) is 5.85. The molecule has 9 heteroatoms. The molecule has 1 N–H and O–H groups in total. The van der Waals surface area contributed by atoms with Crippen LogP contribution < -0.4 is 9.62 Å². The molecule has 0 aliphatic carbocycles. The molecule has 8 nitrogen and oxygen atoms in total. The molecule has 0 atom stereocenters. The van der Waals surface area contributed by atoms with E-state index in [0.29, 0.717) is 11.3 Å². The van der Waals surface area contributed by atoms with E-state index >= 15 is 0 Å². The lowest BCUT2D eigenvalue weighted by Gasteiger charge is -2.23. The van der Waals surface area contributed by atoms with Gasteiger partial charge in [0, 0.05) is 17.8 Å². The van der Waals surface area contributed by atoms with Crippen LogP contribution in [-0.4, -0.2) is 32.0 Å². The highest BCUT2D eigenvalue weighted by molar-refractivity contribution is 7.92.